The predicted molar refractivity (Wildman–Crippen MR) is 49.5 cm³/mol. The molecule has 0 N–H and O–H groups in total. The number of hydrogen-bond acceptors (Lipinski definition) is 2. The Hall–Kier alpha value is -1.44. The molecule has 2 heterocycles. The van der Waals surface area contributed by atoms with E-state index in [0.717, 1.165) is 6.54 Å². The summed E-state index contributed by atoms with van der Waals surface area (Å²) in [5, 5.41) is 0. The molecule has 1 atom stereocenters. The highest BCUT2D eigenvalue weighted by Crippen LogP contribution is 2.17. The second kappa shape index (κ2) is 3.30. The second-order valence-electron chi connectivity index (χ2n) is 2.79. The van der Waals surface area contributed by atoms with Gasteiger partial charge in [-0.1, -0.05) is 6.08 Å². The fraction of sp³-hybridized carbons (Fsp3) is 0.200. The first-order valence-electron chi connectivity index (χ1n) is 4.03. The van der Waals surface area contributed by atoms with E-state index >= 15 is 0 Å². The van der Waals surface area contributed by atoms with E-state index in [-0.39, 0.29) is 0 Å². The summed E-state index contributed by atoms with van der Waals surface area (Å²) in [6.07, 6.45) is 9.65. The molecule has 1 aromatic heterocycles. The van der Waals surface area contributed by atoms with Gasteiger partial charge in [-0.3, -0.25) is 9.98 Å². The van der Waals surface area contributed by atoms with Crippen LogP contribution < -0.4 is 0 Å². The highest BCUT2D eigenvalue weighted by atomic mass is 14.7. The Labute approximate surface area is 71.7 Å². The van der Waals surface area contributed by atoms with Crippen molar-refractivity contribution in [3.05, 3.63) is 42.2 Å². The molecule has 60 valence electrons. The van der Waals surface area contributed by atoms with Crippen molar-refractivity contribution in [1.82, 2.24) is 4.98 Å². The minimum absolute atomic E-state index is 0.443. The molecule has 1 aromatic rings. The Morgan fingerprint density at radius 3 is 2.75 bits per heavy atom. The number of allylic oxidation sites excluding steroid dienone is 1. The molecule has 0 spiro atoms. The van der Waals surface area contributed by atoms with Crippen LogP contribution in [0.25, 0.3) is 0 Å². The summed E-state index contributed by atoms with van der Waals surface area (Å²) in [6, 6.07) is 4.08. The van der Waals surface area contributed by atoms with Crippen molar-refractivity contribution >= 4 is 6.21 Å². The minimum atomic E-state index is 0.443. The third kappa shape index (κ3) is 1.42. The number of hydrogen-bond donors (Lipinski definition) is 0. The normalized spacial score (nSPS) is 21.2. The zero-order chi connectivity index (χ0) is 8.23. The Morgan fingerprint density at radius 1 is 1.25 bits per heavy atom. The Bertz CT molecular complexity index is 301. The van der Waals surface area contributed by atoms with E-state index in [1.54, 1.807) is 0 Å². The maximum atomic E-state index is 4.20. The van der Waals surface area contributed by atoms with Crippen LogP contribution in [0.1, 0.15) is 11.5 Å². The molecule has 0 saturated carbocycles. The smallest absolute Gasteiger partial charge is 0.0492 e. The van der Waals surface area contributed by atoms with E-state index in [2.05, 4.69) is 16.1 Å². The first kappa shape index (κ1) is 7.22. The molecule has 2 nitrogen and oxygen atoms in total. The van der Waals surface area contributed by atoms with Gasteiger partial charge in [0.05, 0.1) is 0 Å². The molecular formula is C10H10N2. The first-order valence-corrected chi connectivity index (χ1v) is 4.03. The molecule has 1 unspecified atom stereocenters. The third-order valence-electron chi connectivity index (χ3n) is 1.97. The van der Waals surface area contributed by atoms with Crippen molar-refractivity contribution in [3.8, 4) is 0 Å². The molecule has 0 fully saturated rings. The molecule has 2 heteroatoms. The summed E-state index contributed by atoms with van der Waals surface area (Å²) in [4.78, 5) is 8.18. The van der Waals surface area contributed by atoms with Gasteiger partial charge in [0.15, 0.2) is 0 Å². The van der Waals surface area contributed by atoms with Crippen LogP contribution in [0, 0.1) is 0 Å². The van der Waals surface area contributed by atoms with Crippen LogP contribution in [0.2, 0.25) is 0 Å². The number of aliphatic imine (C=N–C) groups is 1. The summed E-state index contributed by atoms with van der Waals surface area (Å²) in [5.41, 5.74) is 1.29. The van der Waals surface area contributed by atoms with E-state index in [1.165, 1.54) is 5.56 Å². The summed E-state index contributed by atoms with van der Waals surface area (Å²) >= 11 is 0. The van der Waals surface area contributed by atoms with Crippen LogP contribution in [-0.4, -0.2) is 17.7 Å². The summed E-state index contributed by atoms with van der Waals surface area (Å²) < 4.78 is 0. The predicted octanol–water partition coefficient (Wildman–Crippen LogP) is 1.81. The van der Waals surface area contributed by atoms with Crippen LogP contribution in [-0.2, 0) is 0 Å². The standard InChI is InChI=1S/C10H10N2/c1-2-10(8-12-5-1)9-3-6-11-7-4-9/h1-7,10H,8H2. The van der Waals surface area contributed by atoms with Gasteiger partial charge in [-0.2, -0.15) is 0 Å². The van der Waals surface area contributed by atoms with Crippen molar-refractivity contribution in [2.24, 2.45) is 4.99 Å². The Balaban J connectivity index is 2.21. The average Bonchev–Trinajstić information content (AvgIpc) is 2.21. The lowest BCUT2D eigenvalue weighted by atomic mass is 9.99. The van der Waals surface area contributed by atoms with Gasteiger partial charge in [0.2, 0.25) is 0 Å². The topological polar surface area (TPSA) is 25.2 Å². The van der Waals surface area contributed by atoms with E-state index in [4.69, 9.17) is 0 Å². The molecular weight excluding hydrogens is 148 g/mol. The van der Waals surface area contributed by atoms with Crippen molar-refractivity contribution in [1.29, 1.82) is 0 Å². The van der Waals surface area contributed by atoms with Crippen molar-refractivity contribution in [3.63, 3.8) is 0 Å². The van der Waals surface area contributed by atoms with Crippen LogP contribution in [0.4, 0.5) is 0 Å². The second-order valence-corrected chi connectivity index (χ2v) is 2.79. The SMILES string of the molecule is C1=CC(c2ccncc2)CN=C1. The summed E-state index contributed by atoms with van der Waals surface area (Å²) in [7, 11) is 0. The zero-order valence-electron chi connectivity index (χ0n) is 6.72. The van der Waals surface area contributed by atoms with Gasteiger partial charge >= 0.3 is 0 Å². The molecule has 0 amide bonds. The molecule has 1 aliphatic rings. The third-order valence-corrected chi connectivity index (χ3v) is 1.97. The van der Waals surface area contributed by atoms with E-state index in [1.807, 2.05) is 36.8 Å². The molecule has 2 rings (SSSR count). The lowest BCUT2D eigenvalue weighted by Gasteiger charge is -2.11. The van der Waals surface area contributed by atoms with Gasteiger partial charge in [0.25, 0.3) is 0 Å². The minimum Gasteiger partial charge on any atom is -0.292 e. The molecule has 1 aliphatic heterocycles. The van der Waals surface area contributed by atoms with Crippen molar-refractivity contribution < 1.29 is 0 Å². The largest absolute Gasteiger partial charge is 0.292 e. The van der Waals surface area contributed by atoms with Gasteiger partial charge in [-0.25, -0.2) is 0 Å². The zero-order valence-corrected chi connectivity index (χ0v) is 6.72. The van der Waals surface area contributed by atoms with Gasteiger partial charge in [-0.05, 0) is 23.8 Å². The molecule has 0 aromatic carbocycles. The summed E-state index contributed by atoms with van der Waals surface area (Å²) in [6.45, 7) is 0.862. The van der Waals surface area contributed by atoms with Crippen LogP contribution in [0.15, 0.2) is 41.7 Å². The highest BCUT2D eigenvalue weighted by molar-refractivity contribution is 5.72. The molecule has 0 bridgehead atoms. The molecule has 0 saturated heterocycles. The maximum Gasteiger partial charge on any atom is 0.0492 e. The van der Waals surface area contributed by atoms with E-state index in [9.17, 15) is 0 Å². The number of nitrogens with zero attached hydrogens (tertiary/aromatic N) is 2. The highest BCUT2D eigenvalue weighted by Gasteiger charge is 2.07. The molecule has 0 radical (unpaired) electrons. The number of dihydropyridines is 1. The maximum absolute atomic E-state index is 4.20. The number of rotatable bonds is 1. The monoisotopic (exact) mass is 158 g/mol. The Kier molecular flexibility index (Phi) is 1.99. The number of aromatic nitrogens is 1. The summed E-state index contributed by atoms with van der Waals surface area (Å²) in [5.74, 6) is 0.443. The quantitative estimate of drug-likeness (QED) is 0.611. The van der Waals surface area contributed by atoms with Gasteiger partial charge in [0, 0.05) is 31.1 Å². The molecule has 12 heavy (non-hydrogen) atoms. The Morgan fingerprint density at radius 2 is 2.08 bits per heavy atom. The van der Waals surface area contributed by atoms with Crippen LogP contribution in [0.3, 0.4) is 0 Å². The van der Waals surface area contributed by atoms with E-state index < -0.39 is 0 Å². The lowest BCUT2D eigenvalue weighted by molar-refractivity contribution is 0.843. The van der Waals surface area contributed by atoms with Crippen molar-refractivity contribution in [2.75, 3.05) is 6.54 Å². The lowest BCUT2D eigenvalue weighted by Crippen LogP contribution is -2.02. The first-order chi connectivity index (χ1) is 5.97. The molecule has 0 aliphatic carbocycles. The van der Waals surface area contributed by atoms with Gasteiger partial charge < -0.3 is 0 Å². The van der Waals surface area contributed by atoms with Gasteiger partial charge in [0.1, 0.15) is 0 Å². The van der Waals surface area contributed by atoms with E-state index in [0.29, 0.717) is 5.92 Å². The average molecular weight is 158 g/mol. The van der Waals surface area contributed by atoms with Gasteiger partial charge in [-0.15, -0.1) is 0 Å². The fourth-order valence-electron chi connectivity index (χ4n) is 1.31. The van der Waals surface area contributed by atoms with Crippen LogP contribution >= 0.6 is 0 Å². The fourth-order valence-corrected chi connectivity index (χ4v) is 1.31. The van der Waals surface area contributed by atoms with Crippen LogP contribution in [0.5, 0.6) is 0 Å². The van der Waals surface area contributed by atoms with Crippen molar-refractivity contribution in [2.45, 2.75) is 5.92 Å². The number of pyridine rings is 1.